The molecule has 0 spiro atoms. The monoisotopic (exact) mass is 278 g/mol. The molecular formula is C11H22N2O4S. The average molecular weight is 278 g/mol. The predicted molar refractivity (Wildman–Crippen MR) is 68.9 cm³/mol. The highest BCUT2D eigenvalue weighted by Crippen LogP contribution is 2.14. The van der Waals surface area contributed by atoms with E-state index in [1.807, 2.05) is 0 Å². The Kier molecular flexibility index (Phi) is 5.55. The fourth-order valence-electron chi connectivity index (χ4n) is 1.98. The lowest BCUT2D eigenvalue weighted by atomic mass is 10.1. The third-order valence-electron chi connectivity index (χ3n) is 3.20. The average Bonchev–Trinajstić information content (AvgIpc) is 2.34. The second-order valence-corrected chi connectivity index (χ2v) is 7.08. The van der Waals surface area contributed by atoms with Gasteiger partial charge in [0.15, 0.2) is 0 Å². The molecule has 1 atom stereocenters. The Hall–Kier alpha value is -0.660. The van der Waals surface area contributed by atoms with Crippen molar-refractivity contribution in [2.24, 2.45) is 5.73 Å². The first-order valence-electron chi connectivity index (χ1n) is 6.09. The van der Waals surface area contributed by atoms with Gasteiger partial charge in [-0.15, -0.1) is 0 Å². The number of amides is 1. The molecule has 0 saturated carbocycles. The van der Waals surface area contributed by atoms with Crippen LogP contribution in [0.1, 0.15) is 19.3 Å². The van der Waals surface area contributed by atoms with Gasteiger partial charge in [0.05, 0.1) is 11.8 Å². The lowest BCUT2D eigenvalue weighted by Gasteiger charge is -2.32. The Bertz CT molecular complexity index is 377. The van der Waals surface area contributed by atoms with E-state index in [4.69, 9.17) is 10.5 Å². The van der Waals surface area contributed by atoms with Crippen molar-refractivity contribution in [1.82, 2.24) is 4.90 Å². The normalized spacial score (nSPS) is 19.5. The SMILES string of the molecule is CN(C(=O)[C@@H](N)CCS(C)(=O)=O)C1CCOCC1. The zero-order chi connectivity index (χ0) is 13.8. The molecular weight excluding hydrogens is 256 g/mol. The van der Waals surface area contributed by atoms with Crippen LogP contribution in [0.4, 0.5) is 0 Å². The van der Waals surface area contributed by atoms with Crippen molar-refractivity contribution in [2.75, 3.05) is 32.3 Å². The molecule has 1 fully saturated rings. The van der Waals surface area contributed by atoms with Crippen LogP contribution in [0, 0.1) is 0 Å². The molecule has 0 radical (unpaired) electrons. The van der Waals surface area contributed by atoms with E-state index in [1.54, 1.807) is 11.9 Å². The van der Waals surface area contributed by atoms with Gasteiger partial charge in [-0.1, -0.05) is 0 Å². The zero-order valence-electron chi connectivity index (χ0n) is 11.0. The summed E-state index contributed by atoms with van der Waals surface area (Å²) < 4.78 is 27.3. The van der Waals surface area contributed by atoms with Gasteiger partial charge in [0.25, 0.3) is 0 Å². The Morgan fingerprint density at radius 3 is 2.50 bits per heavy atom. The molecule has 1 aliphatic heterocycles. The van der Waals surface area contributed by atoms with E-state index in [2.05, 4.69) is 0 Å². The van der Waals surface area contributed by atoms with E-state index in [0.29, 0.717) is 13.2 Å². The molecule has 0 aromatic rings. The van der Waals surface area contributed by atoms with Crippen molar-refractivity contribution in [2.45, 2.75) is 31.3 Å². The first-order valence-corrected chi connectivity index (χ1v) is 8.15. The fraction of sp³-hybridized carbons (Fsp3) is 0.909. The molecule has 18 heavy (non-hydrogen) atoms. The molecule has 1 rings (SSSR count). The van der Waals surface area contributed by atoms with Crippen molar-refractivity contribution in [3.05, 3.63) is 0 Å². The lowest BCUT2D eigenvalue weighted by Crippen LogP contribution is -2.48. The van der Waals surface area contributed by atoms with Crippen LogP contribution in [0.15, 0.2) is 0 Å². The number of carbonyl (C=O) groups is 1. The van der Waals surface area contributed by atoms with Crippen molar-refractivity contribution >= 4 is 15.7 Å². The zero-order valence-corrected chi connectivity index (χ0v) is 11.8. The maximum atomic E-state index is 12.0. The summed E-state index contributed by atoms with van der Waals surface area (Å²) in [5, 5.41) is 0. The maximum absolute atomic E-state index is 12.0. The Morgan fingerprint density at radius 1 is 1.44 bits per heavy atom. The first-order chi connectivity index (χ1) is 8.31. The summed E-state index contributed by atoms with van der Waals surface area (Å²) in [6, 6.07) is -0.594. The van der Waals surface area contributed by atoms with Crippen molar-refractivity contribution < 1.29 is 17.9 Å². The first kappa shape index (κ1) is 15.4. The molecule has 1 aliphatic rings. The summed E-state index contributed by atoms with van der Waals surface area (Å²) >= 11 is 0. The highest BCUT2D eigenvalue weighted by Gasteiger charge is 2.26. The smallest absolute Gasteiger partial charge is 0.239 e. The molecule has 7 heteroatoms. The van der Waals surface area contributed by atoms with Crippen molar-refractivity contribution in [3.63, 3.8) is 0 Å². The highest BCUT2D eigenvalue weighted by atomic mass is 32.2. The summed E-state index contributed by atoms with van der Waals surface area (Å²) in [6.45, 7) is 1.31. The van der Waals surface area contributed by atoms with Crippen LogP contribution in [0.25, 0.3) is 0 Å². The molecule has 6 nitrogen and oxygen atoms in total. The van der Waals surface area contributed by atoms with Crippen molar-refractivity contribution in [3.8, 4) is 0 Å². The van der Waals surface area contributed by atoms with E-state index in [9.17, 15) is 13.2 Å². The number of ether oxygens (including phenoxy) is 1. The third kappa shape index (κ3) is 4.91. The summed E-state index contributed by atoms with van der Waals surface area (Å²) in [7, 11) is -1.35. The van der Waals surface area contributed by atoms with Crippen LogP contribution in [0.3, 0.4) is 0 Å². The van der Waals surface area contributed by atoms with Gasteiger partial charge in [-0.25, -0.2) is 8.42 Å². The van der Waals surface area contributed by atoms with E-state index < -0.39 is 15.9 Å². The minimum atomic E-state index is -3.07. The minimum absolute atomic E-state index is 0.0540. The van der Waals surface area contributed by atoms with E-state index in [-0.39, 0.29) is 24.1 Å². The Morgan fingerprint density at radius 2 is 2.00 bits per heavy atom. The van der Waals surface area contributed by atoms with E-state index >= 15 is 0 Å². The minimum Gasteiger partial charge on any atom is -0.381 e. The van der Waals surface area contributed by atoms with Crippen LogP contribution < -0.4 is 5.73 Å². The molecule has 2 N–H and O–H groups in total. The lowest BCUT2D eigenvalue weighted by molar-refractivity contribution is -0.135. The van der Waals surface area contributed by atoms with Crippen LogP contribution in [0.5, 0.6) is 0 Å². The van der Waals surface area contributed by atoms with Crippen molar-refractivity contribution in [1.29, 1.82) is 0 Å². The Labute approximate surface area is 108 Å². The molecule has 0 unspecified atom stereocenters. The van der Waals surface area contributed by atoms with Crippen LogP contribution in [0.2, 0.25) is 0 Å². The van der Waals surface area contributed by atoms with Gasteiger partial charge < -0.3 is 15.4 Å². The number of hydrogen-bond acceptors (Lipinski definition) is 5. The number of nitrogens with two attached hydrogens (primary N) is 1. The van der Waals surface area contributed by atoms with Gasteiger partial charge in [0.1, 0.15) is 9.84 Å². The van der Waals surface area contributed by atoms with Crippen LogP contribution >= 0.6 is 0 Å². The van der Waals surface area contributed by atoms with Crippen LogP contribution in [-0.4, -0.2) is 63.6 Å². The molecule has 0 aliphatic carbocycles. The van der Waals surface area contributed by atoms with Gasteiger partial charge in [-0.3, -0.25) is 4.79 Å². The van der Waals surface area contributed by atoms with Gasteiger partial charge in [0.2, 0.25) is 5.91 Å². The number of sulfone groups is 1. The highest BCUT2D eigenvalue weighted by molar-refractivity contribution is 7.90. The summed E-state index contributed by atoms with van der Waals surface area (Å²) in [5.74, 6) is -0.243. The molecule has 106 valence electrons. The number of hydrogen-bond donors (Lipinski definition) is 1. The van der Waals surface area contributed by atoms with Gasteiger partial charge in [-0.05, 0) is 19.3 Å². The molecule has 1 saturated heterocycles. The second kappa shape index (κ2) is 6.49. The fourth-order valence-corrected chi connectivity index (χ4v) is 2.66. The molecule has 1 heterocycles. The Balaban J connectivity index is 2.46. The number of likely N-dealkylation sites (N-methyl/N-ethyl adjacent to an activating group) is 1. The maximum Gasteiger partial charge on any atom is 0.239 e. The molecule has 1 amide bonds. The van der Waals surface area contributed by atoms with E-state index in [1.165, 1.54) is 0 Å². The largest absolute Gasteiger partial charge is 0.381 e. The van der Waals surface area contributed by atoms with E-state index in [0.717, 1.165) is 19.1 Å². The number of carbonyl (C=O) groups excluding carboxylic acids is 1. The van der Waals surface area contributed by atoms with Gasteiger partial charge in [-0.2, -0.15) is 0 Å². The predicted octanol–water partition coefficient (Wildman–Crippen LogP) is -0.614. The second-order valence-electron chi connectivity index (χ2n) is 4.82. The van der Waals surface area contributed by atoms with Crippen LogP contribution in [-0.2, 0) is 19.4 Å². The molecule has 0 aromatic heterocycles. The quantitative estimate of drug-likeness (QED) is 0.724. The summed E-state index contributed by atoms with van der Waals surface area (Å²) in [5.41, 5.74) is 5.75. The summed E-state index contributed by atoms with van der Waals surface area (Å²) in [6.07, 6.45) is 2.93. The summed E-state index contributed by atoms with van der Waals surface area (Å²) in [4.78, 5) is 13.7. The topological polar surface area (TPSA) is 89.7 Å². The number of nitrogens with zero attached hydrogens (tertiary/aromatic N) is 1. The van der Waals surface area contributed by atoms with Gasteiger partial charge in [0, 0.05) is 32.6 Å². The number of rotatable bonds is 5. The third-order valence-corrected chi connectivity index (χ3v) is 4.18. The molecule has 0 bridgehead atoms. The standard InChI is InChI=1S/C11H22N2O4S/c1-13(9-3-6-17-7-4-9)11(14)10(12)5-8-18(2,15)16/h9-10H,3-8,12H2,1-2H3/t10-/m0/s1. The van der Waals surface area contributed by atoms with Gasteiger partial charge >= 0.3 is 0 Å². The molecule has 0 aromatic carbocycles.